The molecule has 11 heteroatoms. The average molecular weight is 574 g/mol. The first-order chi connectivity index (χ1) is 18.4. The van der Waals surface area contributed by atoms with Gasteiger partial charge in [0.05, 0.1) is 4.91 Å². The van der Waals surface area contributed by atoms with Crippen LogP contribution in [0.15, 0.2) is 58.3 Å². The molecule has 2 aliphatic rings. The van der Waals surface area contributed by atoms with Crippen LogP contribution in [0.5, 0.6) is 0 Å². The Morgan fingerprint density at radius 3 is 2.33 bits per heavy atom. The van der Waals surface area contributed by atoms with Crippen LogP contribution in [0.25, 0.3) is 6.08 Å². The number of amides is 3. The summed E-state index contributed by atoms with van der Waals surface area (Å²) in [6.45, 7) is 6.68. The van der Waals surface area contributed by atoms with Gasteiger partial charge >= 0.3 is 0 Å². The second kappa shape index (κ2) is 11.6. The first-order valence-electron chi connectivity index (χ1n) is 12.8. The molecule has 0 aliphatic carbocycles. The third-order valence-electron chi connectivity index (χ3n) is 6.86. The molecule has 2 fully saturated rings. The van der Waals surface area contributed by atoms with E-state index in [9.17, 15) is 27.2 Å². The zero-order valence-electron chi connectivity index (χ0n) is 22.1. The molecule has 2 aromatic rings. The highest BCUT2D eigenvalue weighted by Gasteiger charge is 2.36. The SMILES string of the molecule is CC(C)(C)c1ccc(/C=C2/SC(=O)N(CCNC(=O)C3CCN(S(=O)(=O)c4ccccc4F)CC3)C2=O)cc1. The Kier molecular flexibility index (Phi) is 8.63. The van der Waals surface area contributed by atoms with E-state index in [1.165, 1.54) is 28.1 Å². The first-order valence-corrected chi connectivity index (χ1v) is 15.0. The summed E-state index contributed by atoms with van der Waals surface area (Å²) in [6, 6.07) is 13.1. The van der Waals surface area contributed by atoms with Crippen molar-refractivity contribution in [3.63, 3.8) is 0 Å². The summed E-state index contributed by atoms with van der Waals surface area (Å²) in [7, 11) is -3.98. The smallest absolute Gasteiger partial charge is 0.293 e. The number of thioether (sulfide) groups is 1. The van der Waals surface area contributed by atoms with Crippen molar-refractivity contribution < 1.29 is 27.2 Å². The number of nitrogens with one attached hydrogen (secondary N) is 1. The number of piperidine rings is 1. The fraction of sp³-hybridized carbons (Fsp3) is 0.393. The van der Waals surface area contributed by atoms with E-state index in [0.717, 1.165) is 28.3 Å². The normalized spacial score (nSPS) is 18.7. The number of hydrogen-bond donors (Lipinski definition) is 1. The van der Waals surface area contributed by atoms with Crippen LogP contribution < -0.4 is 5.32 Å². The van der Waals surface area contributed by atoms with Crippen LogP contribution in [-0.2, 0) is 25.0 Å². The maximum Gasteiger partial charge on any atom is 0.293 e. The van der Waals surface area contributed by atoms with Crippen LogP contribution in [-0.4, -0.2) is 60.9 Å². The summed E-state index contributed by atoms with van der Waals surface area (Å²) < 4.78 is 40.8. The van der Waals surface area contributed by atoms with Crippen molar-refractivity contribution in [3.05, 3.63) is 70.4 Å². The molecular formula is C28H32FN3O5S2. The van der Waals surface area contributed by atoms with E-state index in [-0.39, 0.29) is 55.2 Å². The Labute approximate surface area is 232 Å². The number of carbonyl (C=O) groups is 3. The van der Waals surface area contributed by atoms with Crippen molar-refractivity contribution >= 4 is 44.9 Å². The van der Waals surface area contributed by atoms with Crippen molar-refractivity contribution in [1.82, 2.24) is 14.5 Å². The van der Waals surface area contributed by atoms with Gasteiger partial charge in [0.25, 0.3) is 11.1 Å². The molecule has 2 aromatic carbocycles. The topological polar surface area (TPSA) is 104 Å². The van der Waals surface area contributed by atoms with Crippen LogP contribution in [0.1, 0.15) is 44.7 Å². The Morgan fingerprint density at radius 2 is 1.72 bits per heavy atom. The van der Waals surface area contributed by atoms with E-state index in [1.807, 2.05) is 24.3 Å². The summed E-state index contributed by atoms with van der Waals surface area (Å²) >= 11 is 0.872. The summed E-state index contributed by atoms with van der Waals surface area (Å²) in [5.41, 5.74) is 2.00. The lowest BCUT2D eigenvalue weighted by Gasteiger charge is -2.30. The largest absolute Gasteiger partial charge is 0.354 e. The summed E-state index contributed by atoms with van der Waals surface area (Å²) in [4.78, 5) is 39.0. The zero-order chi connectivity index (χ0) is 28.4. The maximum absolute atomic E-state index is 14.0. The van der Waals surface area contributed by atoms with Crippen molar-refractivity contribution in [2.45, 2.75) is 43.9 Å². The molecule has 4 rings (SSSR count). The fourth-order valence-corrected chi connectivity index (χ4v) is 6.91. The molecule has 0 radical (unpaired) electrons. The highest BCUT2D eigenvalue weighted by atomic mass is 32.2. The lowest BCUT2D eigenvalue weighted by molar-refractivity contribution is -0.127. The molecule has 1 N–H and O–H groups in total. The van der Waals surface area contributed by atoms with Crippen LogP contribution in [0.3, 0.4) is 0 Å². The van der Waals surface area contributed by atoms with Gasteiger partial charge in [-0.1, -0.05) is 57.2 Å². The van der Waals surface area contributed by atoms with E-state index in [2.05, 4.69) is 26.1 Å². The van der Waals surface area contributed by atoms with Gasteiger partial charge in [0.2, 0.25) is 15.9 Å². The van der Waals surface area contributed by atoms with Gasteiger partial charge < -0.3 is 5.32 Å². The molecule has 2 aliphatic heterocycles. The standard InChI is InChI=1S/C28H32FN3O5S2/c1-28(2,3)21-10-8-19(9-11-21)18-23-26(34)32(27(35)38-23)17-14-30-25(33)20-12-15-31(16-13-20)39(36,37)24-7-5-4-6-22(24)29/h4-11,18,20H,12-17H2,1-3H3,(H,30,33)/b23-18+. The number of imide groups is 1. The monoisotopic (exact) mass is 573 g/mol. The molecule has 3 amide bonds. The minimum Gasteiger partial charge on any atom is -0.354 e. The quantitative estimate of drug-likeness (QED) is 0.494. The molecule has 2 saturated heterocycles. The van der Waals surface area contributed by atoms with E-state index in [1.54, 1.807) is 6.08 Å². The zero-order valence-corrected chi connectivity index (χ0v) is 23.8. The molecule has 0 saturated carbocycles. The fourth-order valence-electron chi connectivity index (χ4n) is 4.51. The minimum atomic E-state index is -3.98. The summed E-state index contributed by atoms with van der Waals surface area (Å²) in [5, 5.41) is 2.37. The molecular weight excluding hydrogens is 541 g/mol. The van der Waals surface area contributed by atoms with Gasteiger partial charge in [0.1, 0.15) is 10.7 Å². The van der Waals surface area contributed by atoms with E-state index in [4.69, 9.17) is 0 Å². The molecule has 39 heavy (non-hydrogen) atoms. The van der Waals surface area contributed by atoms with E-state index >= 15 is 0 Å². The molecule has 0 aromatic heterocycles. The summed E-state index contributed by atoms with van der Waals surface area (Å²) in [5.74, 6) is -1.88. The number of rotatable bonds is 7. The lowest BCUT2D eigenvalue weighted by atomic mass is 9.87. The Hall–Kier alpha value is -3.02. The molecule has 0 atom stereocenters. The number of sulfonamides is 1. The Balaban J connectivity index is 1.27. The van der Waals surface area contributed by atoms with Gasteiger partial charge in [-0.3, -0.25) is 19.3 Å². The lowest BCUT2D eigenvalue weighted by Crippen LogP contribution is -2.44. The predicted octanol–water partition coefficient (Wildman–Crippen LogP) is 4.38. The maximum atomic E-state index is 14.0. The molecule has 0 spiro atoms. The number of carbonyl (C=O) groups excluding carboxylic acids is 3. The number of halogens is 1. The second-order valence-electron chi connectivity index (χ2n) is 10.6. The minimum absolute atomic E-state index is 0.0110. The molecule has 8 nitrogen and oxygen atoms in total. The van der Waals surface area contributed by atoms with Crippen molar-refractivity contribution in [2.75, 3.05) is 26.2 Å². The van der Waals surface area contributed by atoms with Gasteiger partial charge in [-0.15, -0.1) is 0 Å². The Bertz CT molecular complexity index is 1390. The first kappa shape index (κ1) is 29.0. The highest BCUT2D eigenvalue weighted by Crippen LogP contribution is 2.32. The third kappa shape index (κ3) is 6.59. The molecule has 208 valence electrons. The van der Waals surface area contributed by atoms with E-state index < -0.39 is 32.9 Å². The van der Waals surface area contributed by atoms with Crippen LogP contribution in [0.4, 0.5) is 9.18 Å². The van der Waals surface area contributed by atoms with E-state index in [0.29, 0.717) is 4.91 Å². The number of hydrogen-bond acceptors (Lipinski definition) is 6. The molecule has 0 unspecified atom stereocenters. The van der Waals surface area contributed by atoms with Gasteiger partial charge in [-0.25, -0.2) is 12.8 Å². The molecule has 2 heterocycles. The van der Waals surface area contributed by atoms with Crippen molar-refractivity contribution in [1.29, 1.82) is 0 Å². The van der Waals surface area contributed by atoms with Crippen LogP contribution in [0, 0.1) is 11.7 Å². The average Bonchev–Trinajstić information content (AvgIpc) is 3.16. The predicted molar refractivity (Wildman–Crippen MR) is 149 cm³/mol. The van der Waals surface area contributed by atoms with Crippen LogP contribution >= 0.6 is 11.8 Å². The van der Waals surface area contributed by atoms with Gasteiger partial charge in [0.15, 0.2) is 0 Å². The van der Waals surface area contributed by atoms with Crippen LogP contribution in [0.2, 0.25) is 0 Å². The summed E-state index contributed by atoms with van der Waals surface area (Å²) in [6.07, 6.45) is 2.27. The van der Waals surface area contributed by atoms with Gasteiger partial charge in [-0.2, -0.15) is 4.31 Å². The Morgan fingerprint density at radius 1 is 1.08 bits per heavy atom. The highest BCUT2D eigenvalue weighted by molar-refractivity contribution is 8.18. The second-order valence-corrected chi connectivity index (χ2v) is 13.5. The number of benzene rings is 2. The van der Waals surface area contributed by atoms with Crippen molar-refractivity contribution in [2.24, 2.45) is 5.92 Å². The van der Waals surface area contributed by atoms with Gasteiger partial charge in [-0.05, 0) is 59.4 Å². The molecule has 0 bridgehead atoms. The third-order valence-corrected chi connectivity index (χ3v) is 9.70. The number of nitrogens with zero attached hydrogens (tertiary/aromatic N) is 2. The van der Waals surface area contributed by atoms with Crippen molar-refractivity contribution in [3.8, 4) is 0 Å². The van der Waals surface area contributed by atoms with Gasteiger partial charge in [0, 0.05) is 32.1 Å².